The Morgan fingerprint density at radius 1 is 1.29 bits per heavy atom. The fourth-order valence-corrected chi connectivity index (χ4v) is 4.31. The van der Waals surface area contributed by atoms with Crippen LogP contribution in [0.25, 0.3) is 0 Å². The average Bonchev–Trinajstić information content (AvgIpc) is 3.11. The van der Waals surface area contributed by atoms with Gasteiger partial charge in [0.1, 0.15) is 0 Å². The molecule has 0 unspecified atom stereocenters. The van der Waals surface area contributed by atoms with E-state index in [0.717, 1.165) is 11.8 Å². The molecular formula is C13H17NO5S2. The molecule has 0 saturated heterocycles. The first-order valence-electron chi connectivity index (χ1n) is 6.36. The molecule has 0 aromatic carbocycles. The second kappa shape index (κ2) is 7.61. The summed E-state index contributed by atoms with van der Waals surface area (Å²) < 4.78 is 14.2. The molecule has 1 fully saturated rings. The summed E-state index contributed by atoms with van der Waals surface area (Å²) in [5.41, 5.74) is 0. The summed E-state index contributed by atoms with van der Waals surface area (Å²) in [7, 11) is 2.52. The molecule has 1 rings (SSSR count). The topological polar surface area (TPSA) is 85.6 Å². The smallest absolute Gasteiger partial charge is 0.311 e. The first-order chi connectivity index (χ1) is 9.98. The van der Waals surface area contributed by atoms with Gasteiger partial charge in [-0.2, -0.15) is 5.26 Å². The van der Waals surface area contributed by atoms with Gasteiger partial charge in [-0.25, -0.2) is 0 Å². The van der Waals surface area contributed by atoms with Crippen LogP contribution in [0.5, 0.6) is 0 Å². The quantitative estimate of drug-likeness (QED) is 0.537. The number of carbonyl (C=O) groups excluding carboxylic acids is 2. The van der Waals surface area contributed by atoms with Crippen molar-refractivity contribution in [2.24, 2.45) is 11.8 Å². The second-order valence-corrected chi connectivity index (χ2v) is 6.36. The zero-order chi connectivity index (χ0) is 16.0. The van der Waals surface area contributed by atoms with E-state index in [1.807, 2.05) is 6.07 Å². The van der Waals surface area contributed by atoms with E-state index in [1.54, 1.807) is 6.92 Å². The Kier molecular flexibility index (Phi) is 6.42. The number of nitriles is 1. The Morgan fingerprint density at radius 3 is 2.19 bits per heavy atom. The van der Waals surface area contributed by atoms with E-state index in [2.05, 4.69) is 0 Å². The van der Waals surface area contributed by atoms with Crippen LogP contribution in [0.1, 0.15) is 19.8 Å². The zero-order valence-corrected chi connectivity index (χ0v) is 13.7. The maximum atomic E-state index is 11.9. The number of ether oxygens (including phenoxy) is 3. The molecule has 1 aliphatic rings. The minimum atomic E-state index is -0.817. The monoisotopic (exact) mass is 331 g/mol. The van der Waals surface area contributed by atoms with Crippen LogP contribution < -0.4 is 0 Å². The summed E-state index contributed by atoms with van der Waals surface area (Å²) in [6, 6.07) is 2.02. The number of hydrogen-bond acceptors (Lipinski definition) is 8. The Morgan fingerprint density at radius 2 is 1.81 bits per heavy atom. The maximum absolute atomic E-state index is 11.9. The van der Waals surface area contributed by atoms with Crippen LogP contribution in [0, 0.1) is 23.2 Å². The normalized spacial score (nSPS) is 26.4. The van der Waals surface area contributed by atoms with E-state index in [4.69, 9.17) is 31.7 Å². The summed E-state index contributed by atoms with van der Waals surface area (Å²) in [6.45, 7) is 2.18. The molecule has 0 N–H and O–H groups in total. The van der Waals surface area contributed by atoms with Gasteiger partial charge in [0.2, 0.25) is 4.38 Å². The predicted molar refractivity (Wildman–Crippen MR) is 80.4 cm³/mol. The van der Waals surface area contributed by atoms with Crippen LogP contribution in [-0.4, -0.2) is 41.9 Å². The summed E-state index contributed by atoms with van der Waals surface area (Å²) in [5.74, 6) is -2.36. The molecular weight excluding hydrogens is 314 g/mol. The number of esters is 2. The molecule has 0 aromatic heterocycles. The van der Waals surface area contributed by atoms with Crippen LogP contribution in [0.15, 0.2) is 0 Å². The van der Waals surface area contributed by atoms with Gasteiger partial charge >= 0.3 is 11.9 Å². The van der Waals surface area contributed by atoms with Crippen molar-refractivity contribution in [2.75, 3.05) is 20.8 Å². The van der Waals surface area contributed by atoms with Gasteiger partial charge in [-0.3, -0.25) is 9.59 Å². The summed E-state index contributed by atoms with van der Waals surface area (Å²) in [5, 5.41) is 8.80. The molecule has 0 bridgehead atoms. The lowest BCUT2D eigenvalue weighted by Crippen LogP contribution is -2.19. The fourth-order valence-electron chi connectivity index (χ4n) is 2.38. The Bertz CT molecular complexity index is 452. The molecule has 0 spiro atoms. The third-order valence-electron chi connectivity index (χ3n) is 3.35. The summed E-state index contributed by atoms with van der Waals surface area (Å²) in [4.78, 5) is 23.8. The molecule has 6 nitrogen and oxygen atoms in total. The van der Waals surface area contributed by atoms with Crippen LogP contribution in [0.4, 0.5) is 0 Å². The first-order valence-corrected chi connectivity index (χ1v) is 7.59. The molecule has 0 aromatic rings. The molecule has 116 valence electrons. The van der Waals surface area contributed by atoms with E-state index < -0.39 is 28.5 Å². The largest absolute Gasteiger partial charge is 0.479 e. The van der Waals surface area contributed by atoms with Gasteiger partial charge in [-0.15, -0.1) is 0 Å². The SMILES string of the molecule is CCOC(=S)SC1(CCC#N)[C@@H](C(=O)OC)[C@@H]1C(=O)OC. The third-order valence-corrected chi connectivity index (χ3v) is 5.09. The first kappa shape index (κ1) is 17.7. The number of thioether (sulfide) groups is 1. The highest BCUT2D eigenvalue weighted by molar-refractivity contribution is 8.23. The number of methoxy groups -OCH3 is 2. The van der Waals surface area contributed by atoms with Gasteiger partial charge in [0, 0.05) is 6.42 Å². The number of thiocarbonyl (C=S) groups is 1. The highest BCUT2D eigenvalue weighted by atomic mass is 32.2. The van der Waals surface area contributed by atoms with E-state index in [9.17, 15) is 9.59 Å². The van der Waals surface area contributed by atoms with E-state index in [-0.39, 0.29) is 10.8 Å². The van der Waals surface area contributed by atoms with Crippen molar-refractivity contribution in [2.45, 2.75) is 24.5 Å². The van der Waals surface area contributed by atoms with Crippen molar-refractivity contribution in [3.8, 4) is 6.07 Å². The highest BCUT2D eigenvalue weighted by Gasteiger charge is 2.73. The molecule has 8 heteroatoms. The lowest BCUT2D eigenvalue weighted by Gasteiger charge is -2.16. The van der Waals surface area contributed by atoms with Gasteiger partial charge < -0.3 is 14.2 Å². The van der Waals surface area contributed by atoms with Crippen molar-refractivity contribution in [1.82, 2.24) is 0 Å². The second-order valence-electron chi connectivity index (χ2n) is 4.40. The lowest BCUT2D eigenvalue weighted by atomic mass is 10.2. The van der Waals surface area contributed by atoms with Crippen LogP contribution in [-0.2, 0) is 23.8 Å². The number of nitrogens with zero attached hydrogens (tertiary/aromatic N) is 1. The number of hydrogen-bond donors (Lipinski definition) is 0. The van der Waals surface area contributed by atoms with Crippen LogP contribution in [0.3, 0.4) is 0 Å². The minimum Gasteiger partial charge on any atom is -0.479 e. The predicted octanol–water partition coefficient (Wildman–Crippen LogP) is 1.68. The molecule has 0 heterocycles. The van der Waals surface area contributed by atoms with Gasteiger partial charge in [0.05, 0.1) is 43.5 Å². The van der Waals surface area contributed by atoms with Crippen molar-refractivity contribution in [3.63, 3.8) is 0 Å². The summed E-state index contributed by atoms with van der Waals surface area (Å²) >= 11 is 6.23. The molecule has 0 aliphatic heterocycles. The average molecular weight is 331 g/mol. The lowest BCUT2D eigenvalue weighted by molar-refractivity contribution is -0.148. The molecule has 0 amide bonds. The van der Waals surface area contributed by atoms with Crippen molar-refractivity contribution in [3.05, 3.63) is 0 Å². The highest BCUT2D eigenvalue weighted by Crippen LogP contribution is 2.63. The molecule has 0 radical (unpaired) electrons. The Balaban J connectivity index is 3.03. The number of rotatable bonds is 6. The van der Waals surface area contributed by atoms with Crippen LogP contribution in [0.2, 0.25) is 0 Å². The van der Waals surface area contributed by atoms with Gasteiger partial charge in [0.25, 0.3) is 0 Å². The van der Waals surface area contributed by atoms with Crippen LogP contribution >= 0.6 is 24.0 Å². The van der Waals surface area contributed by atoms with Gasteiger partial charge in [-0.05, 0) is 25.6 Å². The minimum absolute atomic E-state index is 0.197. The standard InChI is InChI=1S/C13H17NO5S2/c1-4-19-12(20)21-13(6-5-7-14)8(10(15)17-2)9(13)11(16)18-3/h8-9H,4-6H2,1-3H3/t8-,9-/m1/s1. The Hall–Kier alpha value is -1.33. The van der Waals surface area contributed by atoms with Crippen molar-refractivity contribution >= 4 is 40.3 Å². The number of carbonyl (C=O) groups is 2. The van der Waals surface area contributed by atoms with E-state index in [1.165, 1.54) is 14.2 Å². The molecule has 1 aliphatic carbocycles. The zero-order valence-electron chi connectivity index (χ0n) is 12.1. The maximum Gasteiger partial charge on any atom is 0.311 e. The van der Waals surface area contributed by atoms with E-state index >= 15 is 0 Å². The molecule has 2 atom stereocenters. The van der Waals surface area contributed by atoms with Gasteiger partial charge in [0.15, 0.2) is 0 Å². The third kappa shape index (κ3) is 3.66. The van der Waals surface area contributed by atoms with Crippen molar-refractivity contribution < 1.29 is 23.8 Å². The fraction of sp³-hybridized carbons (Fsp3) is 0.692. The molecule has 21 heavy (non-hydrogen) atoms. The van der Waals surface area contributed by atoms with E-state index in [0.29, 0.717) is 13.0 Å². The summed E-state index contributed by atoms with van der Waals surface area (Å²) in [6.07, 6.45) is 0.531. The Labute approximate surface area is 133 Å². The van der Waals surface area contributed by atoms with Gasteiger partial charge in [-0.1, -0.05) is 11.8 Å². The molecule has 1 saturated carbocycles. The van der Waals surface area contributed by atoms with Crippen molar-refractivity contribution in [1.29, 1.82) is 5.26 Å².